The SMILES string of the molecule is CCC(CC)(Oc1ccc(Cl)cc1[C@H]1CC(=O)N[C@@H](c2cc(F)ccc2C)[C@]12C(=O)N(C(=O)C(C)C)c1cc(Cl)ccc12)C(=O)NS(C)(=O)=O. The molecule has 0 radical (unpaired) electrons. The highest BCUT2D eigenvalue weighted by atomic mass is 35.5. The van der Waals surface area contributed by atoms with Crippen LogP contribution in [-0.4, -0.2) is 43.9 Å². The Kier molecular flexibility index (Phi) is 10.1. The van der Waals surface area contributed by atoms with Crippen LogP contribution in [0.4, 0.5) is 10.1 Å². The van der Waals surface area contributed by atoms with Crippen LogP contribution in [0.25, 0.3) is 0 Å². The highest BCUT2D eigenvalue weighted by Gasteiger charge is 2.65. The fourth-order valence-electron chi connectivity index (χ4n) is 7.14. The van der Waals surface area contributed by atoms with Crippen LogP contribution in [0.5, 0.6) is 5.75 Å². The standard InChI is InChI=1S/C36H38Cl2FN3O7S/c1-7-35(8-2,33(45)41-50(6,47)48)49-29-14-11-21(37)15-25(29)27-18-30(43)40-31(24-17-23(39)12-9-20(24)5)36(27)26-13-10-22(38)16-28(26)42(34(36)46)32(44)19(3)4/h9-17,19,27,31H,7-8,18H2,1-6H3,(H,40,43)(H,41,45)/t27-,31+,36-/m1/s1. The molecule has 1 fully saturated rings. The first kappa shape index (κ1) is 37.3. The fourth-order valence-corrected chi connectivity index (χ4v) is 8.01. The predicted octanol–water partition coefficient (Wildman–Crippen LogP) is 6.27. The molecule has 14 heteroatoms. The zero-order chi connectivity index (χ0) is 36.9. The Morgan fingerprint density at radius 3 is 2.30 bits per heavy atom. The van der Waals surface area contributed by atoms with Crippen LogP contribution in [-0.2, 0) is 34.6 Å². The van der Waals surface area contributed by atoms with Gasteiger partial charge in [0.05, 0.1) is 18.0 Å². The Bertz CT molecular complexity index is 2020. The van der Waals surface area contributed by atoms with Crippen LogP contribution in [0, 0.1) is 18.7 Å². The second kappa shape index (κ2) is 13.6. The van der Waals surface area contributed by atoms with Gasteiger partial charge in [-0.3, -0.25) is 19.2 Å². The first-order valence-electron chi connectivity index (χ1n) is 16.1. The number of nitrogens with zero attached hydrogens (tertiary/aromatic N) is 1. The monoisotopic (exact) mass is 745 g/mol. The number of ether oxygens (including phenoxy) is 1. The fraction of sp³-hybridized carbons (Fsp3) is 0.389. The van der Waals surface area contributed by atoms with Gasteiger partial charge in [0.25, 0.3) is 5.91 Å². The molecule has 0 aromatic heterocycles. The maximum Gasteiger partial charge on any atom is 0.277 e. The minimum Gasteiger partial charge on any atom is -0.477 e. The van der Waals surface area contributed by atoms with Crippen molar-refractivity contribution in [1.82, 2.24) is 10.0 Å². The molecule has 5 rings (SSSR count). The Morgan fingerprint density at radius 1 is 1.04 bits per heavy atom. The number of hydrogen-bond donors (Lipinski definition) is 2. The third kappa shape index (κ3) is 6.37. The molecule has 50 heavy (non-hydrogen) atoms. The lowest BCUT2D eigenvalue weighted by Gasteiger charge is -2.47. The topological polar surface area (TPSA) is 139 Å². The molecule has 2 heterocycles. The summed E-state index contributed by atoms with van der Waals surface area (Å²) in [4.78, 5) is 57.6. The van der Waals surface area contributed by atoms with Gasteiger partial charge in [-0.1, -0.05) is 63.0 Å². The third-order valence-corrected chi connectivity index (χ3v) is 10.7. The van der Waals surface area contributed by atoms with Crippen LogP contribution >= 0.6 is 23.2 Å². The van der Waals surface area contributed by atoms with Gasteiger partial charge in [-0.2, -0.15) is 0 Å². The first-order chi connectivity index (χ1) is 23.4. The van der Waals surface area contributed by atoms with E-state index in [1.54, 1.807) is 52.8 Å². The molecule has 0 aliphatic carbocycles. The lowest BCUT2D eigenvalue weighted by molar-refractivity contribution is -0.137. The average Bonchev–Trinajstić information content (AvgIpc) is 3.28. The summed E-state index contributed by atoms with van der Waals surface area (Å²) < 4.78 is 47.8. The molecule has 2 N–H and O–H groups in total. The quantitative estimate of drug-likeness (QED) is 0.264. The van der Waals surface area contributed by atoms with Crippen LogP contribution in [0.15, 0.2) is 54.6 Å². The van der Waals surface area contributed by atoms with Crippen LogP contribution in [0.2, 0.25) is 10.0 Å². The van der Waals surface area contributed by atoms with E-state index in [0.29, 0.717) is 16.7 Å². The number of piperidine rings is 1. The number of imide groups is 1. The lowest BCUT2D eigenvalue weighted by Crippen LogP contribution is -2.59. The van der Waals surface area contributed by atoms with Crippen molar-refractivity contribution >= 4 is 62.5 Å². The molecule has 0 bridgehead atoms. The molecule has 10 nitrogen and oxygen atoms in total. The van der Waals surface area contributed by atoms with Gasteiger partial charge < -0.3 is 10.1 Å². The van der Waals surface area contributed by atoms with E-state index in [4.69, 9.17) is 27.9 Å². The van der Waals surface area contributed by atoms with Crippen molar-refractivity contribution in [3.05, 3.63) is 92.7 Å². The molecule has 0 unspecified atom stereocenters. The molecule has 266 valence electrons. The molecule has 0 saturated carbocycles. The Morgan fingerprint density at radius 2 is 1.68 bits per heavy atom. The van der Waals surface area contributed by atoms with Crippen molar-refractivity contribution in [1.29, 1.82) is 0 Å². The Hall–Kier alpha value is -4.00. The van der Waals surface area contributed by atoms with Gasteiger partial charge in [0.15, 0.2) is 5.60 Å². The van der Waals surface area contributed by atoms with Crippen molar-refractivity contribution in [3.63, 3.8) is 0 Å². The number of aryl methyl sites for hydroxylation is 1. The number of benzene rings is 3. The zero-order valence-electron chi connectivity index (χ0n) is 28.4. The van der Waals surface area contributed by atoms with Crippen molar-refractivity contribution < 1.29 is 36.7 Å². The number of sulfonamides is 1. The van der Waals surface area contributed by atoms with Crippen molar-refractivity contribution in [3.8, 4) is 5.75 Å². The summed E-state index contributed by atoms with van der Waals surface area (Å²) in [7, 11) is -3.97. The predicted molar refractivity (Wildman–Crippen MR) is 188 cm³/mol. The van der Waals surface area contributed by atoms with Gasteiger partial charge in [0, 0.05) is 33.9 Å². The van der Waals surface area contributed by atoms with E-state index in [-0.39, 0.29) is 46.3 Å². The highest BCUT2D eigenvalue weighted by Crippen LogP contribution is 2.61. The number of rotatable bonds is 9. The first-order valence-corrected chi connectivity index (χ1v) is 18.8. The number of amides is 4. The molecule has 3 aromatic rings. The summed E-state index contributed by atoms with van der Waals surface area (Å²) in [6.07, 6.45) is 0.642. The molecule has 3 atom stereocenters. The number of carbonyl (C=O) groups is 4. The maximum atomic E-state index is 15.3. The van der Waals surface area contributed by atoms with E-state index < -0.39 is 68.4 Å². The summed E-state index contributed by atoms with van der Waals surface area (Å²) in [6, 6.07) is 12.1. The van der Waals surface area contributed by atoms with Gasteiger partial charge in [-0.25, -0.2) is 22.4 Å². The number of hydrogen-bond acceptors (Lipinski definition) is 7. The van der Waals surface area contributed by atoms with Crippen molar-refractivity contribution in [2.75, 3.05) is 11.2 Å². The van der Waals surface area contributed by atoms with Gasteiger partial charge in [0.1, 0.15) is 17.0 Å². The second-order valence-electron chi connectivity index (χ2n) is 13.1. The van der Waals surface area contributed by atoms with Crippen molar-refractivity contribution in [2.24, 2.45) is 5.92 Å². The van der Waals surface area contributed by atoms with Gasteiger partial charge >= 0.3 is 0 Å². The van der Waals surface area contributed by atoms with Crippen molar-refractivity contribution in [2.45, 2.75) is 76.9 Å². The molecule has 4 amide bonds. The summed E-state index contributed by atoms with van der Waals surface area (Å²) in [5, 5.41) is 3.42. The van der Waals surface area contributed by atoms with E-state index in [2.05, 4.69) is 5.32 Å². The lowest BCUT2D eigenvalue weighted by atomic mass is 9.58. The van der Waals surface area contributed by atoms with E-state index >= 15 is 9.18 Å². The largest absolute Gasteiger partial charge is 0.477 e. The molecular weight excluding hydrogens is 708 g/mol. The minimum absolute atomic E-state index is 0.0469. The smallest absolute Gasteiger partial charge is 0.277 e. The number of halogens is 3. The molecular formula is C36H38Cl2FN3O7S. The highest BCUT2D eigenvalue weighted by molar-refractivity contribution is 7.89. The van der Waals surface area contributed by atoms with E-state index in [0.717, 1.165) is 11.2 Å². The second-order valence-corrected chi connectivity index (χ2v) is 15.7. The summed E-state index contributed by atoms with van der Waals surface area (Å²) >= 11 is 13.1. The molecule has 2 aliphatic rings. The minimum atomic E-state index is -3.97. The number of anilines is 1. The number of carbonyl (C=O) groups excluding carboxylic acids is 4. The van der Waals surface area contributed by atoms with E-state index in [9.17, 15) is 22.8 Å². The van der Waals surface area contributed by atoms with E-state index in [1.165, 1.54) is 36.4 Å². The van der Waals surface area contributed by atoms with E-state index in [1.807, 2.05) is 4.72 Å². The Labute approximate surface area is 300 Å². The molecule has 3 aromatic carbocycles. The Balaban J connectivity index is 1.86. The normalized spacial score (nSPS) is 20.6. The summed E-state index contributed by atoms with van der Waals surface area (Å²) in [6.45, 7) is 8.35. The molecule has 1 saturated heterocycles. The number of fused-ring (bicyclic) bond motifs is 2. The van der Waals surface area contributed by atoms with Gasteiger partial charge in [0.2, 0.25) is 27.7 Å². The zero-order valence-corrected chi connectivity index (χ0v) is 30.7. The van der Waals surface area contributed by atoms with Crippen LogP contribution in [0.1, 0.15) is 81.2 Å². The molecule has 2 aliphatic heterocycles. The third-order valence-electron chi connectivity index (χ3n) is 9.66. The maximum absolute atomic E-state index is 15.3. The van der Waals surface area contributed by atoms with Gasteiger partial charge in [-0.15, -0.1) is 0 Å². The molecule has 1 spiro atoms. The summed E-state index contributed by atoms with van der Waals surface area (Å²) in [5.41, 5.74) is -1.78. The van der Waals surface area contributed by atoms with Crippen LogP contribution < -0.4 is 19.7 Å². The van der Waals surface area contributed by atoms with Crippen LogP contribution in [0.3, 0.4) is 0 Å². The van der Waals surface area contributed by atoms with Gasteiger partial charge in [-0.05, 0) is 78.9 Å². The average molecular weight is 747 g/mol. The summed E-state index contributed by atoms with van der Waals surface area (Å²) in [5.74, 6) is -4.85. The number of nitrogens with one attached hydrogen (secondary N) is 2.